The SMILES string of the molecule is Cc1cc(C)cc(-c2ccc(CNCC3CNCC3O)cc2)c1.Cl. The molecule has 0 amide bonds. The van der Waals surface area contributed by atoms with Crippen LogP contribution in [0, 0.1) is 19.8 Å². The zero-order chi connectivity index (χ0) is 16.2. The van der Waals surface area contributed by atoms with Gasteiger partial charge in [-0.15, -0.1) is 12.4 Å². The van der Waals surface area contributed by atoms with Gasteiger partial charge in [-0.1, -0.05) is 53.6 Å². The summed E-state index contributed by atoms with van der Waals surface area (Å²) in [5, 5.41) is 16.5. The average Bonchev–Trinajstić information content (AvgIpc) is 2.92. The molecular weight excluding hydrogens is 320 g/mol. The highest BCUT2D eigenvalue weighted by Crippen LogP contribution is 2.22. The Hall–Kier alpha value is -1.39. The largest absolute Gasteiger partial charge is 0.391 e. The van der Waals surface area contributed by atoms with Crippen molar-refractivity contribution >= 4 is 12.4 Å². The summed E-state index contributed by atoms with van der Waals surface area (Å²) in [5.74, 6) is 0.324. The lowest BCUT2D eigenvalue weighted by atomic mass is 10.00. The van der Waals surface area contributed by atoms with E-state index in [1.807, 2.05) is 0 Å². The fourth-order valence-corrected chi connectivity index (χ4v) is 3.29. The number of aliphatic hydroxyl groups is 1. The van der Waals surface area contributed by atoms with E-state index in [0.29, 0.717) is 5.92 Å². The average molecular weight is 347 g/mol. The number of aryl methyl sites for hydroxylation is 2. The number of hydrogen-bond acceptors (Lipinski definition) is 3. The maximum atomic E-state index is 9.79. The number of nitrogens with one attached hydrogen (secondary N) is 2. The van der Waals surface area contributed by atoms with Crippen molar-refractivity contribution in [2.45, 2.75) is 26.5 Å². The Balaban J connectivity index is 0.00000208. The highest BCUT2D eigenvalue weighted by Gasteiger charge is 2.23. The van der Waals surface area contributed by atoms with Gasteiger partial charge in [0.25, 0.3) is 0 Å². The van der Waals surface area contributed by atoms with Crippen molar-refractivity contribution in [1.29, 1.82) is 0 Å². The fraction of sp³-hybridized carbons (Fsp3) is 0.400. The molecule has 3 rings (SSSR count). The number of benzene rings is 2. The summed E-state index contributed by atoms with van der Waals surface area (Å²) in [4.78, 5) is 0. The number of β-amino-alcohol motifs (C(OH)–C–C–N with tert-alkyl or cyclic N) is 1. The molecule has 2 aromatic carbocycles. The van der Waals surface area contributed by atoms with Crippen LogP contribution >= 0.6 is 12.4 Å². The van der Waals surface area contributed by atoms with E-state index in [1.54, 1.807) is 0 Å². The summed E-state index contributed by atoms with van der Waals surface area (Å²) in [5.41, 5.74) is 6.42. The van der Waals surface area contributed by atoms with E-state index < -0.39 is 0 Å². The standard InChI is InChI=1S/C20H26N2O.ClH/c1-14-7-15(2)9-18(8-14)17-5-3-16(4-6-17)10-21-11-19-12-22-13-20(19)23;/h3-9,19-23H,10-13H2,1-2H3;1H. The number of halogens is 1. The van der Waals surface area contributed by atoms with Crippen LogP contribution in [-0.4, -0.2) is 30.8 Å². The van der Waals surface area contributed by atoms with Crippen LogP contribution in [0.4, 0.5) is 0 Å². The number of aliphatic hydroxyl groups excluding tert-OH is 1. The van der Waals surface area contributed by atoms with E-state index in [2.05, 4.69) is 66.9 Å². The summed E-state index contributed by atoms with van der Waals surface area (Å²) in [7, 11) is 0. The predicted octanol–water partition coefficient (Wildman–Crippen LogP) is 3.06. The molecule has 0 radical (unpaired) electrons. The van der Waals surface area contributed by atoms with Crippen molar-refractivity contribution in [1.82, 2.24) is 10.6 Å². The maximum Gasteiger partial charge on any atom is 0.0716 e. The van der Waals surface area contributed by atoms with Crippen LogP contribution in [-0.2, 0) is 6.54 Å². The lowest BCUT2D eigenvalue weighted by molar-refractivity contribution is 0.146. The lowest BCUT2D eigenvalue weighted by Crippen LogP contribution is -2.30. The first kappa shape index (κ1) is 18.9. The van der Waals surface area contributed by atoms with Gasteiger partial charge >= 0.3 is 0 Å². The van der Waals surface area contributed by atoms with Gasteiger partial charge in [0.2, 0.25) is 0 Å². The molecule has 2 atom stereocenters. The van der Waals surface area contributed by atoms with Crippen LogP contribution < -0.4 is 10.6 Å². The summed E-state index contributed by atoms with van der Waals surface area (Å²) in [6.07, 6.45) is -0.213. The minimum atomic E-state index is -0.213. The van der Waals surface area contributed by atoms with Gasteiger partial charge in [-0.25, -0.2) is 0 Å². The zero-order valence-corrected chi connectivity index (χ0v) is 15.2. The topological polar surface area (TPSA) is 44.3 Å². The van der Waals surface area contributed by atoms with Crippen LogP contribution in [0.15, 0.2) is 42.5 Å². The molecule has 0 saturated carbocycles. The first-order chi connectivity index (χ1) is 11.1. The van der Waals surface area contributed by atoms with Gasteiger partial charge in [0.1, 0.15) is 0 Å². The molecule has 0 aliphatic carbocycles. The molecule has 2 aromatic rings. The van der Waals surface area contributed by atoms with E-state index in [9.17, 15) is 5.11 Å². The first-order valence-corrected chi connectivity index (χ1v) is 8.39. The van der Waals surface area contributed by atoms with Crippen molar-refractivity contribution in [3.63, 3.8) is 0 Å². The Labute approximate surface area is 150 Å². The fourth-order valence-electron chi connectivity index (χ4n) is 3.29. The first-order valence-electron chi connectivity index (χ1n) is 8.39. The molecule has 0 aromatic heterocycles. The second-order valence-corrected chi connectivity index (χ2v) is 6.69. The third-order valence-corrected chi connectivity index (χ3v) is 4.55. The van der Waals surface area contributed by atoms with Gasteiger partial charge in [-0.05, 0) is 30.5 Å². The molecule has 1 aliphatic heterocycles. The van der Waals surface area contributed by atoms with Crippen molar-refractivity contribution < 1.29 is 5.11 Å². The molecule has 4 heteroatoms. The molecule has 2 unspecified atom stereocenters. The van der Waals surface area contributed by atoms with Gasteiger partial charge in [-0.3, -0.25) is 0 Å². The van der Waals surface area contributed by atoms with Gasteiger partial charge in [0.05, 0.1) is 6.10 Å². The molecule has 1 aliphatic rings. The molecule has 0 bridgehead atoms. The molecule has 3 N–H and O–H groups in total. The van der Waals surface area contributed by atoms with Crippen LogP contribution in [0.5, 0.6) is 0 Å². The van der Waals surface area contributed by atoms with E-state index in [-0.39, 0.29) is 18.5 Å². The Morgan fingerprint density at radius 2 is 1.67 bits per heavy atom. The van der Waals surface area contributed by atoms with Crippen LogP contribution in [0.3, 0.4) is 0 Å². The molecular formula is C20H27ClN2O. The highest BCUT2D eigenvalue weighted by molar-refractivity contribution is 5.85. The van der Waals surface area contributed by atoms with Gasteiger partial charge in [-0.2, -0.15) is 0 Å². The van der Waals surface area contributed by atoms with Gasteiger partial charge < -0.3 is 15.7 Å². The molecule has 3 nitrogen and oxygen atoms in total. The van der Waals surface area contributed by atoms with E-state index in [4.69, 9.17) is 0 Å². The minimum Gasteiger partial charge on any atom is -0.391 e. The van der Waals surface area contributed by atoms with Crippen molar-refractivity contribution in [3.05, 3.63) is 59.2 Å². The summed E-state index contributed by atoms with van der Waals surface area (Å²) < 4.78 is 0. The van der Waals surface area contributed by atoms with Crippen molar-refractivity contribution in [2.24, 2.45) is 5.92 Å². The molecule has 1 fully saturated rings. The van der Waals surface area contributed by atoms with Crippen molar-refractivity contribution in [3.8, 4) is 11.1 Å². The Bertz CT molecular complexity index is 637. The minimum absolute atomic E-state index is 0. The van der Waals surface area contributed by atoms with Crippen LogP contribution in [0.1, 0.15) is 16.7 Å². The molecule has 1 heterocycles. The van der Waals surface area contributed by atoms with Gasteiger partial charge in [0, 0.05) is 32.1 Å². The zero-order valence-electron chi connectivity index (χ0n) is 14.4. The van der Waals surface area contributed by atoms with Crippen LogP contribution in [0.2, 0.25) is 0 Å². The normalized spacial score (nSPS) is 20.0. The summed E-state index contributed by atoms with van der Waals surface area (Å²) >= 11 is 0. The van der Waals surface area contributed by atoms with E-state index in [0.717, 1.165) is 26.2 Å². The quantitative estimate of drug-likeness (QED) is 0.779. The second kappa shape index (κ2) is 8.63. The van der Waals surface area contributed by atoms with E-state index in [1.165, 1.54) is 27.8 Å². The van der Waals surface area contributed by atoms with E-state index >= 15 is 0 Å². The molecule has 24 heavy (non-hydrogen) atoms. The van der Waals surface area contributed by atoms with Crippen molar-refractivity contribution in [2.75, 3.05) is 19.6 Å². The van der Waals surface area contributed by atoms with Crippen LogP contribution in [0.25, 0.3) is 11.1 Å². The maximum absolute atomic E-state index is 9.79. The Kier molecular flexibility index (Phi) is 6.81. The number of rotatable bonds is 5. The van der Waals surface area contributed by atoms with Gasteiger partial charge in [0.15, 0.2) is 0 Å². The molecule has 130 valence electrons. The predicted molar refractivity (Wildman–Crippen MR) is 103 cm³/mol. The smallest absolute Gasteiger partial charge is 0.0716 e. The number of hydrogen-bond donors (Lipinski definition) is 3. The molecule has 0 spiro atoms. The Morgan fingerprint density at radius 1 is 1.00 bits per heavy atom. The highest BCUT2D eigenvalue weighted by atomic mass is 35.5. The lowest BCUT2D eigenvalue weighted by Gasteiger charge is -2.14. The monoisotopic (exact) mass is 346 g/mol. The Morgan fingerprint density at radius 3 is 2.25 bits per heavy atom. The third kappa shape index (κ3) is 4.81. The summed E-state index contributed by atoms with van der Waals surface area (Å²) in [6.45, 7) is 7.60. The summed E-state index contributed by atoms with van der Waals surface area (Å²) in [6, 6.07) is 15.4. The molecule has 1 saturated heterocycles. The third-order valence-electron chi connectivity index (χ3n) is 4.55. The second-order valence-electron chi connectivity index (χ2n) is 6.69.